The van der Waals surface area contributed by atoms with Gasteiger partial charge in [-0.2, -0.15) is 0 Å². The molecule has 0 saturated heterocycles. The monoisotopic (exact) mass is 235 g/mol. The van der Waals surface area contributed by atoms with Crippen molar-refractivity contribution >= 4 is 16.7 Å². The summed E-state index contributed by atoms with van der Waals surface area (Å²) in [5, 5.41) is 1.02. The second-order valence-electron chi connectivity index (χ2n) is 3.05. The highest BCUT2D eigenvalue weighted by atomic mass is 19.1. The molecule has 0 amide bonds. The van der Waals surface area contributed by atoms with Crippen molar-refractivity contribution in [3.8, 4) is 0 Å². The standard InChI is InChI=1S/C11H8FNO2.C2H6/c1-15-11(14)7-4-8-6-13-3-2-9(8)10(12)5-7;1-2/h2-6H,1H3;1-2H3. The van der Waals surface area contributed by atoms with Gasteiger partial charge in [-0.15, -0.1) is 0 Å². The molecule has 0 saturated carbocycles. The largest absolute Gasteiger partial charge is 0.465 e. The Morgan fingerprint density at radius 3 is 2.71 bits per heavy atom. The normalized spacial score (nSPS) is 9.41. The number of nitrogens with zero attached hydrogens (tertiary/aromatic N) is 1. The van der Waals surface area contributed by atoms with Crippen molar-refractivity contribution in [3.63, 3.8) is 0 Å². The summed E-state index contributed by atoms with van der Waals surface area (Å²) in [6.45, 7) is 4.00. The van der Waals surface area contributed by atoms with Crippen LogP contribution in [0.3, 0.4) is 0 Å². The third kappa shape index (κ3) is 2.78. The van der Waals surface area contributed by atoms with Crippen LogP contribution in [0.15, 0.2) is 30.6 Å². The zero-order valence-corrected chi connectivity index (χ0v) is 10.0. The fourth-order valence-electron chi connectivity index (χ4n) is 1.40. The van der Waals surface area contributed by atoms with Crippen molar-refractivity contribution < 1.29 is 13.9 Å². The van der Waals surface area contributed by atoms with E-state index in [1.54, 1.807) is 12.1 Å². The van der Waals surface area contributed by atoms with Gasteiger partial charge in [-0.1, -0.05) is 13.8 Å². The van der Waals surface area contributed by atoms with E-state index < -0.39 is 11.8 Å². The number of hydrogen-bond acceptors (Lipinski definition) is 3. The maximum Gasteiger partial charge on any atom is 0.337 e. The molecule has 2 rings (SSSR count). The summed E-state index contributed by atoms with van der Waals surface area (Å²) in [5.41, 5.74) is 0.190. The summed E-state index contributed by atoms with van der Waals surface area (Å²) in [6, 6.07) is 4.27. The van der Waals surface area contributed by atoms with Gasteiger partial charge in [0.2, 0.25) is 0 Å². The van der Waals surface area contributed by atoms with Crippen molar-refractivity contribution in [1.82, 2.24) is 4.98 Å². The topological polar surface area (TPSA) is 39.2 Å². The lowest BCUT2D eigenvalue weighted by atomic mass is 10.1. The second kappa shape index (κ2) is 5.94. The number of aromatic nitrogens is 1. The molecule has 0 aliphatic rings. The number of esters is 1. The van der Waals surface area contributed by atoms with Crippen molar-refractivity contribution in [1.29, 1.82) is 0 Å². The van der Waals surface area contributed by atoms with Gasteiger partial charge in [-0.3, -0.25) is 4.98 Å². The van der Waals surface area contributed by atoms with Gasteiger partial charge in [-0.05, 0) is 18.2 Å². The summed E-state index contributed by atoms with van der Waals surface area (Å²) in [4.78, 5) is 15.1. The van der Waals surface area contributed by atoms with Crippen LogP contribution in [-0.2, 0) is 4.74 Å². The highest BCUT2D eigenvalue weighted by Crippen LogP contribution is 2.19. The molecule has 1 aromatic carbocycles. The maximum atomic E-state index is 13.5. The molecule has 0 atom stereocenters. The molecule has 3 nitrogen and oxygen atoms in total. The third-order valence-electron chi connectivity index (χ3n) is 2.12. The molecule has 2 aromatic rings. The van der Waals surface area contributed by atoms with E-state index >= 15 is 0 Å². The first-order valence-electron chi connectivity index (χ1n) is 5.34. The van der Waals surface area contributed by atoms with E-state index in [0.29, 0.717) is 10.8 Å². The Bertz CT molecular complexity index is 526. The lowest BCUT2D eigenvalue weighted by molar-refractivity contribution is 0.0600. The van der Waals surface area contributed by atoms with Crippen LogP contribution >= 0.6 is 0 Å². The number of pyridine rings is 1. The number of carbonyl (C=O) groups excluding carboxylic acids is 1. The quantitative estimate of drug-likeness (QED) is 0.712. The van der Waals surface area contributed by atoms with Crippen LogP contribution < -0.4 is 0 Å². The van der Waals surface area contributed by atoms with E-state index in [1.165, 1.54) is 19.5 Å². The molecule has 0 aliphatic heterocycles. The number of halogens is 1. The molecular weight excluding hydrogens is 221 g/mol. The van der Waals surface area contributed by atoms with Gasteiger partial charge in [0.25, 0.3) is 0 Å². The number of benzene rings is 1. The second-order valence-corrected chi connectivity index (χ2v) is 3.05. The first kappa shape index (κ1) is 13.1. The Hall–Kier alpha value is -1.97. The van der Waals surface area contributed by atoms with E-state index in [4.69, 9.17) is 0 Å². The lowest BCUT2D eigenvalue weighted by Gasteiger charge is -2.02. The number of carbonyl (C=O) groups is 1. The Balaban J connectivity index is 0.000000686. The van der Waals surface area contributed by atoms with Crippen LogP contribution in [0, 0.1) is 5.82 Å². The molecule has 0 spiro atoms. The third-order valence-corrected chi connectivity index (χ3v) is 2.12. The average molecular weight is 235 g/mol. The van der Waals surface area contributed by atoms with Gasteiger partial charge in [0.05, 0.1) is 12.7 Å². The summed E-state index contributed by atoms with van der Waals surface area (Å²) in [5.74, 6) is -1.00. The Labute approximate surface area is 99.2 Å². The first-order chi connectivity index (χ1) is 8.22. The molecule has 0 radical (unpaired) electrons. The number of methoxy groups -OCH3 is 1. The van der Waals surface area contributed by atoms with Crippen molar-refractivity contribution in [2.45, 2.75) is 13.8 Å². The van der Waals surface area contributed by atoms with Crippen LogP contribution in [0.2, 0.25) is 0 Å². The first-order valence-corrected chi connectivity index (χ1v) is 5.34. The highest BCUT2D eigenvalue weighted by molar-refractivity contribution is 5.95. The lowest BCUT2D eigenvalue weighted by Crippen LogP contribution is -2.01. The molecule has 0 unspecified atom stereocenters. The van der Waals surface area contributed by atoms with Gasteiger partial charge >= 0.3 is 5.97 Å². The van der Waals surface area contributed by atoms with E-state index in [2.05, 4.69) is 9.72 Å². The number of rotatable bonds is 1. The predicted molar refractivity (Wildman–Crippen MR) is 64.4 cm³/mol. The average Bonchev–Trinajstić information content (AvgIpc) is 2.40. The molecule has 0 fully saturated rings. The number of hydrogen-bond donors (Lipinski definition) is 0. The molecule has 1 aromatic heterocycles. The summed E-state index contributed by atoms with van der Waals surface area (Å²) >= 11 is 0. The molecule has 0 bridgehead atoms. The van der Waals surface area contributed by atoms with Crippen LogP contribution in [0.5, 0.6) is 0 Å². The van der Waals surface area contributed by atoms with E-state index in [0.717, 1.165) is 6.07 Å². The number of fused-ring (bicyclic) bond motifs is 1. The molecule has 1 heterocycles. The van der Waals surface area contributed by atoms with Crippen molar-refractivity contribution in [2.24, 2.45) is 0 Å². The van der Waals surface area contributed by atoms with Gasteiger partial charge in [0.1, 0.15) is 5.82 Å². The van der Waals surface area contributed by atoms with Crippen LogP contribution in [0.1, 0.15) is 24.2 Å². The van der Waals surface area contributed by atoms with E-state index in [9.17, 15) is 9.18 Å². The molecule has 0 aliphatic carbocycles. The Kier molecular flexibility index (Phi) is 4.57. The molecule has 4 heteroatoms. The smallest absolute Gasteiger partial charge is 0.337 e. The molecule has 90 valence electrons. The summed E-state index contributed by atoms with van der Waals surface area (Å²) in [7, 11) is 1.26. The SMILES string of the molecule is CC.COC(=O)c1cc(F)c2ccncc2c1. The highest BCUT2D eigenvalue weighted by Gasteiger charge is 2.09. The van der Waals surface area contributed by atoms with Crippen molar-refractivity contribution in [3.05, 3.63) is 42.0 Å². The number of ether oxygens (including phenoxy) is 1. The van der Waals surface area contributed by atoms with Crippen LogP contribution in [0.25, 0.3) is 10.8 Å². The van der Waals surface area contributed by atoms with Crippen LogP contribution in [0.4, 0.5) is 4.39 Å². The molecule has 0 N–H and O–H groups in total. The van der Waals surface area contributed by atoms with E-state index in [-0.39, 0.29) is 5.56 Å². The minimum atomic E-state index is -0.556. The minimum Gasteiger partial charge on any atom is -0.465 e. The molecular formula is C13H14FNO2. The summed E-state index contributed by atoms with van der Waals surface area (Å²) in [6.07, 6.45) is 3.01. The Morgan fingerprint density at radius 1 is 1.35 bits per heavy atom. The summed E-state index contributed by atoms with van der Waals surface area (Å²) < 4.78 is 18.0. The van der Waals surface area contributed by atoms with Gasteiger partial charge < -0.3 is 4.74 Å². The zero-order valence-electron chi connectivity index (χ0n) is 10.0. The van der Waals surface area contributed by atoms with Crippen LogP contribution in [-0.4, -0.2) is 18.1 Å². The van der Waals surface area contributed by atoms with Crippen molar-refractivity contribution in [2.75, 3.05) is 7.11 Å². The minimum absolute atomic E-state index is 0.190. The van der Waals surface area contributed by atoms with Gasteiger partial charge in [0, 0.05) is 23.2 Å². The van der Waals surface area contributed by atoms with Gasteiger partial charge in [0.15, 0.2) is 0 Å². The zero-order chi connectivity index (χ0) is 12.8. The predicted octanol–water partition coefficient (Wildman–Crippen LogP) is 3.19. The maximum absolute atomic E-state index is 13.5. The van der Waals surface area contributed by atoms with Gasteiger partial charge in [-0.25, -0.2) is 9.18 Å². The molecule has 17 heavy (non-hydrogen) atoms. The fourth-order valence-corrected chi connectivity index (χ4v) is 1.40. The fraction of sp³-hybridized carbons (Fsp3) is 0.231. The van der Waals surface area contributed by atoms with E-state index in [1.807, 2.05) is 13.8 Å². The Morgan fingerprint density at radius 2 is 2.06 bits per heavy atom.